The number of carbonyl (C=O) groups is 2. The first-order valence-corrected chi connectivity index (χ1v) is 11.0. The lowest BCUT2D eigenvalue weighted by molar-refractivity contribution is -0.138. The first-order chi connectivity index (χ1) is 13.5. The van der Waals surface area contributed by atoms with Crippen LogP contribution in [0.4, 0.5) is 5.69 Å². The Morgan fingerprint density at radius 1 is 1.18 bits per heavy atom. The molecule has 2 aliphatic heterocycles. The lowest BCUT2D eigenvalue weighted by Crippen LogP contribution is -2.46. The van der Waals surface area contributed by atoms with Crippen molar-refractivity contribution in [1.82, 2.24) is 4.90 Å². The molecular formula is C21H26Cl2N2O3. The summed E-state index contributed by atoms with van der Waals surface area (Å²) in [6.07, 6.45) is 6.44. The fraction of sp³-hybridized carbons (Fsp3) is 0.619. The van der Waals surface area contributed by atoms with Crippen molar-refractivity contribution < 1.29 is 14.3 Å². The third kappa shape index (κ3) is 4.32. The monoisotopic (exact) mass is 424 g/mol. The molecule has 0 aromatic heterocycles. The number of nitrogens with zero attached hydrogens (tertiary/aromatic N) is 1. The second-order valence-corrected chi connectivity index (χ2v) is 9.22. The van der Waals surface area contributed by atoms with Gasteiger partial charge in [-0.3, -0.25) is 9.59 Å². The molecule has 1 N–H and O–H groups in total. The van der Waals surface area contributed by atoms with Gasteiger partial charge in [0.05, 0.1) is 12.2 Å². The van der Waals surface area contributed by atoms with Crippen LogP contribution in [-0.4, -0.2) is 40.7 Å². The summed E-state index contributed by atoms with van der Waals surface area (Å²) in [5.41, 5.74) is 1.69. The van der Waals surface area contributed by atoms with Gasteiger partial charge >= 0.3 is 0 Å². The molecule has 5 nitrogen and oxygen atoms in total. The van der Waals surface area contributed by atoms with Crippen LogP contribution in [0.5, 0.6) is 0 Å². The largest absolute Gasteiger partial charge is 0.370 e. The lowest BCUT2D eigenvalue weighted by atomic mass is 9.90. The molecule has 0 bridgehead atoms. The van der Waals surface area contributed by atoms with Gasteiger partial charge in [-0.05, 0) is 43.4 Å². The highest BCUT2D eigenvalue weighted by Crippen LogP contribution is 2.42. The summed E-state index contributed by atoms with van der Waals surface area (Å²) in [5, 5.41) is 2.71. The summed E-state index contributed by atoms with van der Waals surface area (Å²) in [7, 11) is 0. The molecule has 3 fully saturated rings. The molecule has 1 aromatic carbocycles. The second kappa shape index (κ2) is 8.60. The number of nitrogens with one attached hydrogen (secondary N) is 1. The molecule has 0 unspecified atom stereocenters. The highest BCUT2D eigenvalue weighted by Gasteiger charge is 2.41. The van der Waals surface area contributed by atoms with E-state index in [0.717, 1.165) is 44.3 Å². The maximum absolute atomic E-state index is 12.8. The number of ether oxygens (including phenoxy) is 1. The first-order valence-electron chi connectivity index (χ1n) is 10.1. The normalized spacial score (nSPS) is 27.8. The van der Waals surface area contributed by atoms with Crippen molar-refractivity contribution in [2.24, 2.45) is 11.8 Å². The van der Waals surface area contributed by atoms with Crippen LogP contribution in [0.25, 0.3) is 0 Å². The van der Waals surface area contributed by atoms with Crippen LogP contribution >= 0.6 is 23.2 Å². The van der Waals surface area contributed by atoms with Gasteiger partial charge in [0.1, 0.15) is 0 Å². The van der Waals surface area contributed by atoms with Crippen LogP contribution < -0.4 is 5.32 Å². The number of piperidine rings is 1. The number of anilines is 1. The lowest BCUT2D eigenvalue weighted by Gasteiger charge is -2.35. The molecule has 28 heavy (non-hydrogen) atoms. The van der Waals surface area contributed by atoms with E-state index in [1.54, 1.807) is 0 Å². The van der Waals surface area contributed by atoms with Crippen molar-refractivity contribution in [3.63, 3.8) is 0 Å². The molecule has 0 radical (unpaired) electrons. The van der Waals surface area contributed by atoms with Crippen LogP contribution in [0.1, 0.15) is 50.2 Å². The Hall–Kier alpha value is -1.30. The topological polar surface area (TPSA) is 58.6 Å². The van der Waals surface area contributed by atoms with E-state index in [1.165, 1.54) is 12.8 Å². The number of benzene rings is 1. The molecule has 1 aliphatic carbocycles. The summed E-state index contributed by atoms with van der Waals surface area (Å²) in [6.45, 7) is 1.60. The molecule has 3 atom stereocenters. The third-order valence-electron chi connectivity index (χ3n) is 6.26. The quantitative estimate of drug-likeness (QED) is 0.732. The average Bonchev–Trinajstić information content (AvgIpc) is 3.36. The SMILES string of the molecule is O=C(Nc1cccc([C@H]2C[C@H]3CN(C(=O)C4CCCC4)CC[C@@H]3O2)c1)C(Cl)Cl. The summed E-state index contributed by atoms with van der Waals surface area (Å²) in [5.74, 6) is 0.517. The molecule has 7 heteroatoms. The minimum Gasteiger partial charge on any atom is -0.370 e. The smallest absolute Gasteiger partial charge is 0.257 e. The number of rotatable bonds is 4. The van der Waals surface area contributed by atoms with Gasteiger partial charge in [0.25, 0.3) is 5.91 Å². The molecule has 0 spiro atoms. The Morgan fingerprint density at radius 3 is 2.71 bits per heavy atom. The molecule has 1 saturated carbocycles. The van der Waals surface area contributed by atoms with Crippen molar-refractivity contribution >= 4 is 40.7 Å². The van der Waals surface area contributed by atoms with Gasteiger partial charge in [0, 0.05) is 30.6 Å². The second-order valence-electron chi connectivity index (χ2n) is 8.13. The predicted molar refractivity (Wildman–Crippen MR) is 109 cm³/mol. The Bertz CT molecular complexity index is 736. The van der Waals surface area contributed by atoms with Crippen LogP contribution in [0.15, 0.2) is 24.3 Å². The van der Waals surface area contributed by atoms with Gasteiger partial charge < -0.3 is 15.0 Å². The fourth-order valence-corrected chi connectivity index (χ4v) is 4.93. The van der Waals surface area contributed by atoms with E-state index in [4.69, 9.17) is 27.9 Å². The Labute approximate surface area is 175 Å². The van der Waals surface area contributed by atoms with Crippen molar-refractivity contribution in [2.45, 2.75) is 55.6 Å². The van der Waals surface area contributed by atoms with Crippen molar-refractivity contribution in [1.29, 1.82) is 0 Å². The Balaban J connectivity index is 1.39. The molecule has 152 valence electrons. The molecule has 2 saturated heterocycles. The van der Waals surface area contributed by atoms with Crippen molar-refractivity contribution in [3.05, 3.63) is 29.8 Å². The predicted octanol–water partition coefficient (Wildman–Crippen LogP) is 4.30. The van der Waals surface area contributed by atoms with E-state index >= 15 is 0 Å². The third-order valence-corrected chi connectivity index (χ3v) is 6.66. The minimum absolute atomic E-state index is 0.0174. The standard InChI is InChI=1S/C21H26Cl2N2O3/c22-19(23)20(26)24-16-7-3-6-14(10-16)18-11-15-12-25(9-8-17(15)28-18)21(27)13-4-1-2-5-13/h3,6-7,10,13,15,17-19H,1-2,4-5,8-9,11-12H2,(H,24,26)/t15-,17-,18+/m0/s1. The number of likely N-dealkylation sites (tertiary alicyclic amines) is 1. The van der Waals surface area contributed by atoms with Crippen LogP contribution in [0.2, 0.25) is 0 Å². The molecular weight excluding hydrogens is 399 g/mol. The number of hydrogen-bond acceptors (Lipinski definition) is 3. The number of alkyl halides is 2. The van der Waals surface area contributed by atoms with E-state index < -0.39 is 10.7 Å². The zero-order chi connectivity index (χ0) is 19.7. The zero-order valence-electron chi connectivity index (χ0n) is 15.8. The van der Waals surface area contributed by atoms with Gasteiger partial charge in [-0.2, -0.15) is 0 Å². The Kier molecular flexibility index (Phi) is 6.14. The van der Waals surface area contributed by atoms with Gasteiger partial charge in [-0.25, -0.2) is 0 Å². The van der Waals surface area contributed by atoms with E-state index in [-0.39, 0.29) is 18.1 Å². The van der Waals surface area contributed by atoms with Crippen molar-refractivity contribution in [3.8, 4) is 0 Å². The number of fused-ring (bicyclic) bond motifs is 1. The van der Waals surface area contributed by atoms with Crippen LogP contribution in [0.3, 0.4) is 0 Å². The summed E-state index contributed by atoms with van der Waals surface area (Å²) in [6, 6.07) is 7.63. The van der Waals surface area contributed by atoms with Crippen molar-refractivity contribution in [2.75, 3.05) is 18.4 Å². The molecule has 4 rings (SSSR count). The molecule has 2 heterocycles. The van der Waals surface area contributed by atoms with E-state index in [9.17, 15) is 9.59 Å². The molecule has 3 aliphatic rings. The number of hydrogen-bond donors (Lipinski definition) is 1. The fourth-order valence-electron chi connectivity index (χ4n) is 4.82. The molecule has 2 amide bonds. The van der Waals surface area contributed by atoms with Crippen LogP contribution in [-0.2, 0) is 14.3 Å². The first kappa shape index (κ1) is 20.0. The number of halogens is 2. The van der Waals surface area contributed by atoms with Gasteiger partial charge in [-0.1, -0.05) is 48.2 Å². The zero-order valence-corrected chi connectivity index (χ0v) is 17.3. The van der Waals surface area contributed by atoms with Gasteiger partial charge in [-0.15, -0.1) is 0 Å². The highest BCUT2D eigenvalue weighted by atomic mass is 35.5. The van der Waals surface area contributed by atoms with Gasteiger partial charge in [0.15, 0.2) is 4.84 Å². The summed E-state index contributed by atoms with van der Waals surface area (Å²) < 4.78 is 6.31. The maximum atomic E-state index is 12.8. The maximum Gasteiger partial charge on any atom is 0.257 e. The number of carbonyl (C=O) groups excluding carboxylic acids is 2. The van der Waals surface area contributed by atoms with E-state index in [0.29, 0.717) is 17.5 Å². The minimum atomic E-state index is -1.10. The molecule has 1 aromatic rings. The summed E-state index contributed by atoms with van der Waals surface area (Å²) in [4.78, 5) is 25.5. The van der Waals surface area contributed by atoms with E-state index in [2.05, 4.69) is 10.2 Å². The van der Waals surface area contributed by atoms with E-state index in [1.807, 2.05) is 24.3 Å². The van der Waals surface area contributed by atoms with Gasteiger partial charge in [0.2, 0.25) is 5.91 Å². The Morgan fingerprint density at radius 2 is 1.96 bits per heavy atom. The van der Waals surface area contributed by atoms with Crippen LogP contribution in [0, 0.1) is 11.8 Å². The highest BCUT2D eigenvalue weighted by molar-refractivity contribution is 6.54. The number of amides is 2. The summed E-state index contributed by atoms with van der Waals surface area (Å²) >= 11 is 11.2. The average molecular weight is 425 g/mol.